The highest BCUT2D eigenvalue weighted by Gasteiger charge is 2.46. The Balaban J connectivity index is 0.00000192. The number of hydrogen-bond acceptors (Lipinski definition) is 1. The molecule has 1 heterocycles. The molecule has 1 saturated heterocycles. The molecule has 3 rings (SSSR count). The van der Waals surface area contributed by atoms with E-state index in [1.165, 1.54) is 12.8 Å². The Hall–Kier alpha value is -0.850. The first-order chi connectivity index (χ1) is 10.6. The molecule has 5 heteroatoms. The lowest BCUT2D eigenvalue weighted by Gasteiger charge is -2.33. The zero-order valence-corrected chi connectivity index (χ0v) is 16.3. The Kier molecular flexibility index (Phi) is 6.28. The predicted octanol–water partition coefficient (Wildman–Crippen LogP) is 3.78. The molecule has 0 unspecified atom stereocenters. The summed E-state index contributed by atoms with van der Waals surface area (Å²) in [6.45, 7) is 5.21. The number of hydrogen-bond donors (Lipinski definition) is 1. The van der Waals surface area contributed by atoms with Crippen molar-refractivity contribution in [2.45, 2.75) is 38.0 Å². The fraction of sp³-hybridized carbons (Fsp3) is 0.611. The normalized spacial score (nSPS) is 20.8. The molecule has 23 heavy (non-hydrogen) atoms. The molecule has 1 aromatic carbocycles. The van der Waals surface area contributed by atoms with E-state index < -0.39 is 0 Å². The molecule has 0 aromatic heterocycles. The van der Waals surface area contributed by atoms with E-state index in [0.717, 1.165) is 49.9 Å². The van der Waals surface area contributed by atoms with E-state index in [9.17, 15) is 4.39 Å². The van der Waals surface area contributed by atoms with Crippen molar-refractivity contribution in [3.8, 4) is 0 Å². The Labute approximate surface area is 155 Å². The molecular weight excluding hydrogens is 404 g/mol. The average Bonchev–Trinajstić information content (AvgIpc) is 3.31. The van der Waals surface area contributed by atoms with Gasteiger partial charge in [0.2, 0.25) is 0 Å². The lowest BCUT2D eigenvalue weighted by molar-refractivity contribution is 0.273. The minimum absolute atomic E-state index is 0. The Morgan fingerprint density at radius 2 is 1.96 bits per heavy atom. The minimum Gasteiger partial charge on any atom is -0.355 e. The van der Waals surface area contributed by atoms with Gasteiger partial charge >= 0.3 is 0 Å². The van der Waals surface area contributed by atoms with E-state index in [-0.39, 0.29) is 35.2 Å². The maximum absolute atomic E-state index is 14.1. The van der Waals surface area contributed by atoms with Gasteiger partial charge in [0, 0.05) is 32.1 Å². The van der Waals surface area contributed by atoms with Crippen LogP contribution in [0, 0.1) is 11.7 Å². The molecule has 0 spiro atoms. The van der Waals surface area contributed by atoms with Crippen molar-refractivity contribution >= 4 is 29.9 Å². The Morgan fingerprint density at radius 1 is 1.30 bits per heavy atom. The van der Waals surface area contributed by atoms with Gasteiger partial charge in [-0.05, 0) is 43.2 Å². The Bertz CT molecular complexity index is 549. The van der Waals surface area contributed by atoms with Crippen LogP contribution in [0.1, 0.15) is 38.2 Å². The standard InChI is InChI=1S/C18H26FN3.HI/c1-14-7-11-22(12-8-14)17(20-2)21-13-18(9-10-18)15-5-3-4-6-16(15)19;/h3-6,14H,7-13H2,1-2H3,(H,20,21);1H. The summed E-state index contributed by atoms with van der Waals surface area (Å²) in [6, 6.07) is 7.18. The molecule has 3 nitrogen and oxygen atoms in total. The smallest absolute Gasteiger partial charge is 0.193 e. The average molecular weight is 431 g/mol. The van der Waals surface area contributed by atoms with Crippen LogP contribution in [0.2, 0.25) is 0 Å². The zero-order chi connectivity index (χ0) is 15.6. The summed E-state index contributed by atoms with van der Waals surface area (Å²) >= 11 is 0. The third-order valence-corrected chi connectivity index (χ3v) is 5.18. The molecule has 1 aliphatic carbocycles. The fourth-order valence-corrected chi connectivity index (χ4v) is 3.38. The highest BCUT2D eigenvalue weighted by atomic mass is 127. The first-order valence-corrected chi connectivity index (χ1v) is 8.35. The molecule has 1 saturated carbocycles. The number of rotatable bonds is 3. The van der Waals surface area contributed by atoms with Crippen LogP contribution in [-0.2, 0) is 5.41 Å². The lowest BCUT2D eigenvalue weighted by Crippen LogP contribution is -2.47. The van der Waals surface area contributed by atoms with Gasteiger partial charge in [-0.15, -0.1) is 24.0 Å². The number of aliphatic imine (C=N–C) groups is 1. The predicted molar refractivity (Wildman–Crippen MR) is 104 cm³/mol. The van der Waals surface area contributed by atoms with Crippen molar-refractivity contribution in [1.82, 2.24) is 10.2 Å². The van der Waals surface area contributed by atoms with Gasteiger partial charge in [0.1, 0.15) is 5.82 Å². The van der Waals surface area contributed by atoms with E-state index in [0.29, 0.717) is 0 Å². The second-order valence-corrected chi connectivity index (χ2v) is 6.83. The molecule has 1 N–H and O–H groups in total. The van der Waals surface area contributed by atoms with Gasteiger partial charge in [0.05, 0.1) is 0 Å². The molecule has 0 amide bonds. The van der Waals surface area contributed by atoms with Crippen LogP contribution in [0.15, 0.2) is 29.3 Å². The number of piperidine rings is 1. The topological polar surface area (TPSA) is 27.6 Å². The SMILES string of the molecule is CN=C(NCC1(c2ccccc2F)CC1)N1CCC(C)CC1.I. The zero-order valence-electron chi connectivity index (χ0n) is 14.0. The van der Waals surface area contributed by atoms with Crippen molar-refractivity contribution in [1.29, 1.82) is 0 Å². The van der Waals surface area contributed by atoms with Crippen molar-refractivity contribution in [2.24, 2.45) is 10.9 Å². The van der Waals surface area contributed by atoms with E-state index in [1.54, 1.807) is 12.1 Å². The second kappa shape index (κ2) is 7.81. The van der Waals surface area contributed by atoms with Crippen molar-refractivity contribution in [3.05, 3.63) is 35.6 Å². The fourth-order valence-electron chi connectivity index (χ4n) is 3.38. The largest absolute Gasteiger partial charge is 0.355 e. The number of guanidine groups is 1. The van der Waals surface area contributed by atoms with Gasteiger partial charge in [-0.2, -0.15) is 0 Å². The third-order valence-electron chi connectivity index (χ3n) is 5.18. The van der Waals surface area contributed by atoms with Gasteiger partial charge in [-0.25, -0.2) is 4.39 Å². The number of halogens is 2. The maximum atomic E-state index is 14.1. The molecule has 0 radical (unpaired) electrons. The van der Waals surface area contributed by atoms with Crippen LogP contribution >= 0.6 is 24.0 Å². The first-order valence-electron chi connectivity index (χ1n) is 8.35. The van der Waals surface area contributed by atoms with Crippen molar-refractivity contribution < 1.29 is 4.39 Å². The summed E-state index contributed by atoms with van der Waals surface area (Å²) in [5.74, 6) is 1.70. The molecule has 0 atom stereocenters. The summed E-state index contributed by atoms with van der Waals surface area (Å²) in [5, 5.41) is 3.49. The quantitative estimate of drug-likeness (QED) is 0.448. The van der Waals surface area contributed by atoms with Crippen LogP contribution in [0.25, 0.3) is 0 Å². The minimum atomic E-state index is -0.0800. The van der Waals surface area contributed by atoms with Crippen LogP contribution < -0.4 is 5.32 Å². The Morgan fingerprint density at radius 3 is 2.52 bits per heavy atom. The van der Waals surface area contributed by atoms with Gasteiger partial charge in [-0.1, -0.05) is 25.1 Å². The summed E-state index contributed by atoms with van der Waals surface area (Å²) in [6.07, 6.45) is 4.54. The first kappa shape index (κ1) is 18.5. The van der Waals surface area contributed by atoms with E-state index >= 15 is 0 Å². The van der Waals surface area contributed by atoms with E-state index in [2.05, 4.69) is 22.1 Å². The van der Waals surface area contributed by atoms with Crippen molar-refractivity contribution in [2.75, 3.05) is 26.7 Å². The van der Waals surface area contributed by atoms with Crippen LogP contribution in [0.4, 0.5) is 4.39 Å². The highest BCUT2D eigenvalue weighted by Crippen LogP contribution is 2.48. The van der Waals surface area contributed by atoms with Gasteiger partial charge in [0.25, 0.3) is 0 Å². The summed E-state index contributed by atoms with van der Waals surface area (Å²) < 4.78 is 14.1. The number of benzene rings is 1. The number of nitrogens with zero attached hydrogens (tertiary/aromatic N) is 2. The highest BCUT2D eigenvalue weighted by molar-refractivity contribution is 14.0. The molecule has 2 fully saturated rings. The van der Waals surface area contributed by atoms with Gasteiger partial charge in [-0.3, -0.25) is 4.99 Å². The molecule has 1 aliphatic heterocycles. The van der Waals surface area contributed by atoms with Gasteiger partial charge in [0.15, 0.2) is 5.96 Å². The monoisotopic (exact) mass is 431 g/mol. The molecule has 1 aromatic rings. The lowest BCUT2D eigenvalue weighted by atomic mass is 9.95. The second-order valence-electron chi connectivity index (χ2n) is 6.83. The summed E-state index contributed by atoms with van der Waals surface area (Å²) in [4.78, 5) is 6.75. The molecular formula is C18H27FIN3. The van der Waals surface area contributed by atoms with Crippen LogP contribution in [0.5, 0.6) is 0 Å². The van der Waals surface area contributed by atoms with E-state index in [1.807, 2.05) is 19.2 Å². The molecule has 2 aliphatic rings. The van der Waals surface area contributed by atoms with Crippen LogP contribution in [0.3, 0.4) is 0 Å². The van der Waals surface area contributed by atoms with E-state index in [4.69, 9.17) is 0 Å². The van der Waals surface area contributed by atoms with Crippen molar-refractivity contribution in [3.63, 3.8) is 0 Å². The molecule has 128 valence electrons. The summed E-state index contributed by atoms with van der Waals surface area (Å²) in [5.41, 5.74) is 0.815. The van der Waals surface area contributed by atoms with Crippen LogP contribution in [-0.4, -0.2) is 37.5 Å². The number of nitrogens with one attached hydrogen (secondary N) is 1. The van der Waals surface area contributed by atoms with Gasteiger partial charge < -0.3 is 10.2 Å². The maximum Gasteiger partial charge on any atom is 0.193 e. The molecule has 0 bridgehead atoms. The number of likely N-dealkylation sites (tertiary alicyclic amines) is 1. The summed E-state index contributed by atoms with van der Waals surface area (Å²) in [7, 11) is 1.84. The third kappa shape index (κ3) is 4.17.